The lowest BCUT2D eigenvalue weighted by Gasteiger charge is -2.14. The minimum absolute atomic E-state index is 0.0739. The molecule has 0 heterocycles. The van der Waals surface area contributed by atoms with Crippen LogP contribution in [0.15, 0.2) is 12.1 Å². The standard InChI is InChI=1S/C13H20N4O3/c1-8-6-9(7-10(11(8)14)12(18)19)15-4-5-16-13(20)17(2)3/h6-7,15H,4-5,14H2,1-3H3,(H,16,20)(H,18,19). The number of urea groups is 1. The molecule has 0 aliphatic carbocycles. The van der Waals surface area contributed by atoms with Gasteiger partial charge in [0.1, 0.15) is 0 Å². The van der Waals surface area contributed by atoms with E-state index in [1.54, 1.807) is 27.1 Å². The average Bonchev–Trinajstić information content (AvgIpc) is 2.37. The number of nitrogens with two attached hydrogens (primary N) is 1. The summed E-state index contributed by atoms with van der Waals surface area (Å²) in [7, 11) is 3.32. The van der Waals surface area contributed by atoms with E-state index in [0.717, 1.165) is 0 Å². The summed E-state index contributed by atoms with van der Waals surface area (Å²) in [5, 5.41) is 14.8. The lowest BCUT2D eigenvalue weighted by Crippen LogP contribution is -2.37. The highest BCUT2D eigenvalue weighted by molar-refractivity contribution is 5.95. The fourth-order valence-electron chi connectivity index (χ4n) is 1.61. The number of carboxylic acid groups (broad SMARTS) is 1. The van der Waals surface area contributed by atoms with E-state index in [2.05, 4.69) is 10.6 Å². The van der Waals surface area contributed by atoms with Crippen molar-refractivity contribution in [3.63, 3.8) is 0 Å². The number of carboxylic acids is 1. The van der Waals surface area contributed by atoms with Crippen LogP contribution in [0.1, 0.15) is 15.9 Å². The van der Waals surface area contributed by atoms with Gasteiger partial charge in [0.15, 0.2) is 0 Å². The van der Waals surface area contributed by atoms with Gasteiger partial charge in [-0.25, -0.2) is 9.59 Å². The van der Waals surface area contributed by atoms with Gasteiger partial charge in [0, 0.05) is 38.6 Å². The first-order valence-corrected chi connectivity index (χ1v) is 6.15. The van der Waals surface area contributed by atoms with Crippen molar-refractivity contribution >= 4 is 23.4 Å². The molecule has 0 saturated carbocycles. The summed E-state index contributed by atoms with van der Waals surface area (Å²) in [4.78, 5) is 23.8. The zero-order valence-corrected chi connectivity index (χ0v) is 11.9. The van der Waals surface area contributed by atoms with Crippen molar-refractivity contribution in [2.45, 2.75) is 6.92 Å². The van der Waals surface area contributed by atoms with Crippen molar-refractivity contribution in [3.8, 4) is 0 Å². The molecule has 5 N–H and O–H groups in total. The Balaban J connectivity index is 2.61. The maximum atomic E-state index is 11.3. The largest absolute Gasteiger partial charge is 0.478 e. The molecule has 1 rings (SSSR count). The SMILES string of the molecule is Cc1cc(NCCNC(=O)N(C)C)cc(C(=O)O)c1N. The van der Waals surface area contributed by atoms with E-state index in [0.29, 0.717) is 24.3 Å². The van der Waals surface area contributed by atoms with Crippen LogP contribution in [-0.2, 0) is 0 Å². The Morgan fingerprint density at radius 2 is 1.95 bits per heavy atom. The summed E-state index contributed by atoms with van der Waals surface area (Å²) in [6, 6.07) is 3.08. The van der Waals surface area contributed by atoms with Crippen molar-refractivity contribution in [2.75, 3.05) is 38.2 Å². The van der Waals surface area contributed by atoms with Gasteiger partial charge in [-0.1, -0.05) is 0 Å². The maximum Gasteiger partial charge on any atom is 0.337 e. The van der Waals surface area contributed by atoms with E-state index < -0.39 is 5.97 Å². The number of amides is 2. The third-order valence-electron chi connectivity index (χ3n) is 2.75. The normalized spacial score (nSPS) is 9.95. The first kappa shape index (κ1) is 15.6. The summed E-state index contributed by atoms with van der Waals surface area (Å²) in [6.07, 6.45) is 0. The second-order valence-corrected chi connectivity index (χ2v) is 4.61. The molecule has 0 aliphatic heterocycles. The van der Waals surface area contributed by atoms with E-state index in [-0.39, 0.29) is 17.3 Å². The number of rotatable bonds is 5. The Bertz CT molecular complexity index is 515. The summed E-state index contributed by atoms with van der Waals surface area (Å²) >= 11 is 0. The zero-order chi connectivity index (χ0) is 15.3. The molecule has 0 radical (unpaired) electrons. The number of nitrogens with one attached hydrogen (secondary N) is 2. The first-order valence-electron chi connectivity index (χ1n) is 6.15. The highest BCUT2D eigenvalue weighted by Crippen LogP contribution is 2.22. The lowest BCUT2D eigenvalue weighted by molar-refractivity contribution is 0.0698. The number of anilines is 2. The van der Waals surface area contributed by atoms with E-state index in [1.165, 1.54) is 11.0 Å². The smallest absolute Gasteiger partial charge is 0.337 e. The number of aryl methyl sites for hydroxylation is 1. The second kappa shape index (κ2) is 6.65. The summed E-state index contributed by atoms with van der Waals surface area (Å²) in [5.74, 6) is -1.06. The fraction of sp³-hybridized carbons (Fsp3) is 0.385. The number of carbonyl (C=O) groups is 2. The van der Waals surface area contributed by atoms with Gasteiger partial charge >= 0.3 is 12.0 Å². The number of nitrogens with zero attached hydrogens (tertiary/aromatic N) is 1. The number of aromatic carboxylic acids is 1. The average molecular weight is 280 g/mol. The summed E-state index contributed by atoms with van der Waals surface area (Å²) in [5.41, 5.74) is 7.41. The van der Waals surface area contributed by atoms with Crippen molar-refractivity contribution < 1.29 is 14.7 Å². The highest BCUT2D eigenvalue weighted by Gasteiger charge is 2.11. The van der Waals surface area contributed by atoms with Crippen LogP contribution < -0.4 is 16.4 Å². The molecule has 20 heavy (non-hydrogen) atoms. The van der Waals surface area contributed by atoms with Gasteiger partial charge in [-0.2, -0.15) is 0 Å². The molecule has 110 valence electrons. The van der Waals surface area contributed by atoms with Crippen molar-refractivity contribution in [1.82, 2.24) is 10.2 Å². The number of hydrogen-bond donors (Lipinski definition) is 4. The molecule has 1 aromatic rings. The predicted molar refractivity (Wildman–Crippen MR) is 78.1 cm³/mol. The molecule has 0 bridgehead atoms. The Morgan fingerprint density at radius 1 is 1.30 bits per heavy atom. The minimum Gasteiger partial charge on any atom is -0.478 e. The molecular formula is C13H20N4O3. The molecule has 0 aliphatic rings. The lowest BCUT2D eigenvalue weighted by atomic mass is 10.1. The first-order chi connectivity index (χ1) is 9.32. The van der Waals surface area contributed by atoms with Gasteiger partial charge in [0.2, 0.25) is 0 Å². The maximum absolute atomic E-state index is 11.3. The Labute approximate surface area is 117 Å². The van der Waals surface area contributed by atoms with Crippen molar-refractivity contribution in [1.29, 1.82) is 0 Å². The van der Waals surface area contributed by atoms with Crippen LogP contribution in [0.2, 0.25) is 0 Å². The van der Waals surface area contributed by atoms with Crippen LogP contribution in [0.5, 0.6) is 0 Å². The molecule has 0 unspecified atom stereocenters. The monoisotopic (exact) mass is 280 g/mol. The topological polar surface area (TPSA) is 108 Å². The molecule has 0 spiro atoms. The Hall–Kier alpha value is -2.44. The Morgan fingerprint density at radius 3 is 2.50 bits per heavy atom. The molecule has 7 heteroatoms. The van der Waals surface area contributed by atoms with Crippen LogP contribution in [0.25, 0.3) is 0 Å². The van der Waals surface area contributed by atoms with Crippen LogP contribution in [0.3, 0.4) is 0 Å². The van der Waals surface area contributed by atoms with Gasteiger partial charge in [0.05, 0.1) is 5.56 Å². The van der Waals surface area contributed by atoms with Gasteiger partial charge < -0.3 is 26.4 Å². The second-order valence-electron chi connectivity index (χ2n) is 4.61. The van der Waals surface area contributed by atoms with Crippen molar-refractivity contribution in [3.05, 3.63) is 23.3 Å². The molecule has 0 fully saturated rings. The van der Waals surface area contributed by atoms with Crippen molar-refractivity contribution in [2.24, 2.45) is 0 Å². The number of hydrogen-bond acceptors (Lipinski definition) is 4. The fourth-order valence-corrected chi connectivity index (χ4v) is 1.61. The third-order valence-corrected chi connectivity index (χ3v) is 2.75. The van der Waals surface area contributed by atoms with Gasteiger partial charge in [-0.15, -0.1) is 0 Å². The molecule has 2 amide bonds. The van der Waals surface area contributed by atoms with Gasteiger partial charge in [-0.05, 0) is 24.6 Å². The van der Waals surface area contributed by atoms with E-state index in [1.807, 2.05) is 0 Å². The van der Waals surface area contributed by atoms with Gasteiger partial charge in [-0.3, -0.25) is 0 Å². The highest BCUT2D eigenvalue weighted by atomic mass is 16.4. The number of nitrogen functional groups attached to an aromatic ring is 1. The molecule has 0 saturated heterocycles. The summed E-state index contributed by atoms with van der Waals surface area (Å²) in [6.45, 7) is 2.67. The van der Waals surface area contributed by atoms with Crippen LogP contribution in [-0.4, -0.2) is 49.2 Å². The zero-order valence-electron chi connectivity index (χ0n) is 11.9. The van der Waals surface area contributed by atoms with E-state index in [4.69, 9.17) is 10.8 Å². The molecule has 7 nitrogen and oxygen atoms in total. The number of carbonyl (C=O) groups excluding carboxylic acids is 1. The Kier molecular flexibility index (Phi) is 5.19. The summed E-state index contributed by atoms with van der Waals surface area (Å²) < 4.78 is 0. The third kappa shape index (κ3) is 4.04. The molecule has 1 aromatic carbocycles. The van der Waals surface area contributed by atoms with Crippen LogP contribution in [0, 0.1) is 6.92 Å². The van der Waals surface area contributed by atoms with E-state index in [9.17, 15) is 9.59 Å². The van der Waals surface area contributed by atoms with E-state index >= 15 is 0 Å². The van der Waals surface area contributed by atoms with Gasteiger partial charge in [0.25, 0.3) is 0 Å². The minimum atomic E-state index is -1.06. The predicted octanol–water partition coefficient (Wildman–Crippen LogP) is 0.959. The van der Waals surface area contributed by atoms with Crippen LogP contribution in [0.4, 0.5) is 16.2 Å². The quantitative estimate of drug-likeness (QED) is 0.474. The molecule has 0 atom stereocenters. The molecule has 0 aromatic heterocycles. The van der Waals surface area contributed by atoms with Crippen LogP contribution >= 0.6 is 0 Å². The number of benzene rings is 1. The molecular weight excluding hydrogens is 260 g/mol.